The number of ether oxygens (including phenoxy) is 2. The Hall–Kier alpha value is -2.59. The molecule has 0 unspecified atom stereocenters. The Morgan fingerprint density at radius 1 is 1.14 bits per heavy atom. The average molecular weight is 293 g/mol. The number of benzene rings is 2. The largest absolute Gasteiger partial charge is 0.489 e. The minimum atomic E-state index is -0.115. The van der Waals surface area contributed by atoms with Crippen LogP contribution in [0.3, 0.4) is 0 Å². The van der Waals surface area contributed by atoms with Crippen molar-refractivity contribution in [1.29, 1.82) is 0 Å². The second-order valence-electron chi connectivity index (χ2n) is 5.39. The molecular formula is C18H15NO3. The highest BCUT2D eigenvalue weighted by Gasteiger charge is 2.27. The molecular weight excluding hydrogens is 278 g/mol. The molecule has 0 bridgehead atoms. The lowest BCUT2D eigenvalue weighted by atomic mass is 10.1. The maximum atomic E-state index is 11.5. The van der Waals surface area contributed by atoms with Crippen LogP contribution in [-0.2, 0) is 11.3 Å². The van der Waals surface area contributed by atoms with Gasteiger partial charge in [-0.15, -0.1) is 0 Å². The minimum Gasteiger partial charge on any atom is -0.489 e. The fourth-order valence-electron chi connectivity index (χ4n) is 2.59. The molecule has 110 valence electrons. The summed E-state index contributed by atoms with van der Waals surface area (Å²) in [4.78, 5) is 14.4. The van der Waals surface area contributed by atoms with Crippen LogP contribution in [0.1, 0.15) is 17.2 Å². The number of pyridine rings is 1. The van der Waals surface area contributed by atoms with Crippen molar-refractivity contribution in [1.82, 2.24) is 4.98 Å². The molecule has 1 fully saturated rings. The van der Waals surface area contributed by atoms with Gasteiger partial charge < -0.3 is 14.5 Å². The van der Waals surface area contributed by atoms with Crippen molar-refractivity contribution in [3.8, 4) is 5.75 Å². The standard InChI is InChI=1S/C18H15NO3/c20-18-7-6-14-15(17-11-22-17)8-13(9-16(14)19-18)21-10-12-4-2-1-3-5-12/h1-9,17H,10-11H2,(H,19,20)/t17-/m0/s1. The van der Waals surface area contributed by atoms with Gasteiger partial charge >= 0.3 is 0 Å². The van der Waals surface area contributed by atoms with Crippen LogP contribution in [0.25, 0.3) is 10.9 Å². The molecule has 0 saturated carbocycles. The van der Waals surface area contributed by atoms with E-state index in [-0.39, 0.29) is 11.7 Å². The van der Waals surface area contributed by atoms with E-state index in [1.807, 2.05) is 48.5 Å². The summed E-state index contributed by atoms with van der Waals surface area (Å²) < 4.78 is 11.3. The van der Waals surface area contributed by atoms with Crippen LogP contribution < -0.4 is 10.3 Å². The van der Waals surface area contributed by atoms with Crippen molar-refractivity contribution in [2.45, 2.75) is 12.7 Å². The van der Waals surface area contributed by atoms with E-state index < -0.39 is 0 Å². The fraction of sp³-hybridized carbons (Fsp3) is 0.167. The van der Waals surface area contributed by atoms with Crippen LogP contribution in [0.4, 0.5) is 0 Å². The summed E-state index contributed by atoms with van der Waals surface area (Å²) in [6.45, 7) is 1.21. The third-order valence-corrected chi connectivity index (χ3v) is 3.77. The molecule has 1 atom stereocenters. The van der Waals surface area contributed by atoms with Crippen LogP contribution in [-0.4, -0.2) is 11.6 Å². The third kappa shape index (κ3) is 2.61. The van der Waals surface area contributed by atoms with Crippen LogP contribution in [0.5, 0.6) is 5.75 Å². The smallest absolute Gasteiger partial charge is 0.248 e. The first-order valence-electron chi connectivity index (χ1n) is 7.25. The molecule has 1 N–H and O–H groups in total. The zero-order chi connectivity index (χ0) is 14.9. The molecule has 1 aromatic heterocycles. The van der Waals surface area contributed by atoms with E-state index in [4.69, 9.17) is 9.47 Å². The van der Waals surface area contributed by atoms with Gasteiger partial charge in [0.2, 0.25) is 5.56 Å². The zero-order valence-corrected chi connectivity index (χ0v) is 11.9. The van der Waals surface area contributed by atoms with Gasteiger partial charge in [-0.05, 0) is 23.3 Å². The number of epoxide rings is 1. The van der Waals surface area contributed by atoms with Crippen LogP contribution in [0, 0.1) is 0 Å². The van der Waals surface area contributed by atoms with Crippen molar-refractivity contribution in [2.75, 3.05) is 6.61 Å². The monoisotopic (exact) mass is 293 g/mol. The summed E-state index contributed by atoms with van der Waals surface area (Å²) in [6.07, 6.45) is 0.105. The molecule has 2 aromatic carbocycles. The van der Waals surface area contributed by atoms with E-state index in [0.717, 1.165) is 34.4 Å². The predicted molar refractivity (Wildman–Crippen MR) is 84.0 cm³/mol. The Balaban J connectivity index is 1.70. The summed E-state index contributed by atoms with van der Waals surface area (Å²) in [6, 6.07) is 17.2. The lowest BCUT2D eigenvalue weighted by molar-refractivity contribution is 0.306. The topological polar surface area (TPSA) is 54.6 Å². The maximum Gasteiger partial charge on any atom is 0.248 e. The van der Waals surface area contributed by atoms with Crippen molar-refractivity contribution in [2.24, 2.45) is 0 Å². The quantitative estimate of drug-likeness (QED) is 0.752. The zero-order valence-electron chi connectivity index (χ0n) is 11.9. The first kappa shape index (κ1) is 13.1. The van der Waals surface area contributed by atoms with E-state index in [1.165, 1.54) is 0 Å². The third-order valence-electron chi connectivity index (χ3n) is 3.77. The van der Waals surface area contributed by atoms with Gasteiger partial charge in [0.1, 0.15) is 18.5 Å². The van der Waals surface area contributed by atoms with Crippen LogP contribution in [0.2, 0.25) is 0 Å². The van der Waals surface area contributed by atoms with Crippen molar-refractivity contribution in [3.63, 3.8) is 0 Å². The van der Waals surface area contributed by atoms with Gasteiger partial charge in [0.15, 0.2) is 0 Å². The molecule has 1 aliphatic rings. The Kier molecular flexibility index (Phi) is 3.16. The predicted octanol–water partition coefficient (Wildman–Crippen LogP) is 3.18. The van der Waals surface area contributed by atoms with Crippen LogP contribution in [0.15, 0.2) is 59.4 Å². The first-order valence-corrected chi connectivity index (χ1v) is 7.25. The van der Waals surface area contributed by atoms with Gasteiger partial charge in [-0.2, -0.15) is 0 Å². The number of nitrogens with one attached hydrogen (secondary N) is 1. The molecule has 3 aromatic rings. The lowest BCUT2D eigenvalue weighted by Crippen LogP contribution is -2.04. The molecule has 0 spiro atoms. The number of aromatic amines is 1. The number of hydrogen-bond donors (Lipinski definition) is 1. The molecule has 2 heterocycles. The molecule has 22 heavy (non-hydrogen) atoms. The van der Waals surface area contributed by atoms with Gasteiger partial charge in [-0.1, -0.05) is 30.3 Å². The summed E-state index contributed by atoms with van der Waals surface area (Å²) in [5.74, 6) is 0.740. The number of fused-ring (bicyclic) bond motifs is 1. The van der Waals surface area contributed by atoms with E-state index in [1.54, 1.807) is 6.07 Å². The highest BCUT2D eigenvalue weighted by Crippen LogP contribution is 2.36. The van der Waals surface area contributed by atoms with E-state index >= 15 is 0 Å². The molecule has 4 heteroatoms. The Morgan fingerprint density at radius 3 is 2.73 bits per heavy atom. The Labute approximate surface area is 127 Å². The van der Waals surface area contributed by atoms with E-state index in [9.17, 15) is 4.79 Å². The number of H-pyrrole nitrogens is 1. The van der Waals surface area contributed by atoms with Crippen molar-refractivity contribution in [3.05, 3.63) is 76.1 Å². The summed E-state index contributed by atoms with van der Waals surface area (Å²) in [7, 11) is 0. The van der Waals surface area contributed by atoms with Gasteiger partial charge in [0.05, 0.1) is 12.1 Å². The van der Waals surface area contributed by atoms with Gasteiger partial charge in [0.25, 0.3) is 0 Å². The number of hydrogen-bond acceptors (Lipinski definition) is 3. The lowest BCUT2D eigenvalue weighted by Gasteiger charge is -2.10. The molecule has 4 nitrogen and oxygen atoms in total. The normalized spacial score (nSPS) is 16.6. The summed E-state index contributed by atoms with van der Waals surface area (Å²) in [5, 5.41) is 1.01. The average Bonchev–Trinajstić information content (AvgIpc) is 3.37. The second-order valence-corrected chi connectivity index (χ2v) is 5.39. The molecule has 0 amide bonds. The van der Waals surface area contributed by atoms with Crippen molar-refractivity contribution < 1.29 is 9.47 Å². The second kappa shape index (κ2) is 5.31. The summed E-state index contributed by atoms with van der Waals surface area (Å²) in [5.41, 5.74) is 2.84. The summed E-state index contributed by atoms with van der Waals surface area (Å²) >= 11 is 0. The number of rotatable bonds is 4. The minimum absolute atomic E-state index is 0.105. The Bertz CT molecular complexity index is 866. The highest BCUT2D eigenvalue weighted by atomic mass is 16.6. The SMILES string of the molecule is O=c1ccc2c([C@@H]3CO3)cc(OCc3ccccc3)cc2[nH]1. The maximum absolute atomic E-state index is 11.5. The van der Waals surface area contributed by atoms with E-state index in [0.29, 0.717) is 6.61 Å². The highest BCUT2D eigenvalue weighted by molar-refractivity contribution is 5.84. The fourth-order valence-corrected chi connectivity index (χ4v) is 2.59. The number of aromatic nitrogens is 1. The van der Waals surface area contributed by atoms with Gasteiger partial charge in [0, 0.05) is 17.5 Å². The molecule has 4 rings (SSSR count). The Morgan fingerprint density at radius 2 is 1.95 bits per heavy atom. The van der Waals surface area contributed by atoms with Gasteiger partial charge in [-0.25, -0.2) is 0 Å². The molecule has 0 aliphatic carbocycles. The molecule has 1 aliphatic heterocycles. The van der Waals surface area contributed by atoms with Crippen LogP contribution >= 0.6 is 0 Å². The molecule has 1 saturated heterocycles. The molecule has 0 radical (unpaired) electrons. The van der Waals surface area contributed by atoms with E-state index in [2.05, 4.69) is 4.98 Å². The first-order chi connectivity index (χ1) is 10.8. The van der Waals surface area contributed by atoms with Gasteiger partial charge in [-0.3, -0.25) is 4.79 Å². The van der Waals surface area contributed by atoms with Crippen molar-refractivity contribution >= 4 is 10.9 Å².